The zero-order valence-electron chi connectivity index (χ0n) is 16.7. The third kappa shape index (κ3) is 4.01. The van der Waals surface area contributed by atoms with Crippen LogP contribution in [0.2, 0.25) is 0 Å². The summed E-state index contributed by atoms with van der Waals surface area (Å²) in [5.41, 5.74) is 3.47. The van der Waals surface area contributed by atoms with Crippen LogP contribution in [0.1, 0.15) is 23.2 Å². The average molecular weight is 410 g/mol. The Morgan fingerprint density at radius 1 is 1.27 bits per heavy atom. The summed E-state index contributed by atoms with van der Waals surface area (Å²) in [6.07, 6.45) is 1.82. The third-order valence-electron chi connectivity index (χ3n) is 5.54. The predicted molar refractivity (Wildman–Crippen MR) is 110 cm³/mol. The molecular weight excluding hydrogens is 387 g/mol. The topological polar surface area (TPSA) is 80.6 Å². The lowest BCUT2D eigenvalue weighted by Crippen LogP contribution is -2.41. The molecule has 0 bridgehead atoms. The monoisotopic (exact) mass is 410 g/mol. The first-order valence-corrected chi connectivity index (χ1v) is 9.91. The van der Waals surface area contributed by atoms with E-state index in [4.69, 9.17) is 4.74 Å². The molecule has 156 valence electrons. The highest BCUT2D eigenvalue weighted by Crippen LogP contribution is 2.33. The summed E-state index contributed by atoms with van der Waals surface area (Å²) in [5, 5.41) is 13.0. The fourth-order valence-electron chi connectivity index (χ4n) is 4.19. The van der Waals surface area contributed by atoms with Crippen molar-refractivity contribution in [3.05, 3.63) is 65.1 Å². The van der Waals surface area contributed by atoms with Crippen LogP contribution in [0.5, 0.6) is 5.75 Å². The lowest BCUT2D eigenvalue weighted by atomic mass is 9.91. The van der Waals surface area contributed by atoms with Crippen molar-refractivity contribution in [2.24, 2.45) is 0 Å². The number of para-hydroxylation sites is 1. The van der Waals surface area contributed by atoms with Gasteiger partial charge in [0, 0.05) is 22.6 Å². The molecule has 0 saturated heterocycles. The van der Waals surface area contributed by atoms with E-state index in [-0.39, 0.29) is 30.9 Å². The number of amides is 1. The van der Waals surface area contributed by atoms with Crippen LogP contribution in [0.25, 0.3) is 10.9 Å². The molecule has 0 spiro atoms. The van der Waals surface area contributed by atoms with E-state index < -0.39 is 5.97 Å². The van der Waals surface area contributed by atoms with Crippen molar-refractivity contribution in [1.82, 2.24) is 9.88 Å². The van der Waals surface area contributed by atoms with E-state index in [2.05, 4.69) is 5.32 Å². The second-order valence-electron chi connectivity index (χ2n) is 7.63. The molecular formula is C23H23FN2O4. The molecule has 1 aliphatic carbocycles. The Labute approximate surface area is 173 Å². The average Bonchev–Trinajstić information content (AvgIpc) is 2.99. The van der Waals surface area contributed by atoms with E-state index in [9.17, 15) is 19.1 Å². The van der Waals surface area contributed by atoms with Gasteiger partial charge in [-0.05, 0) is 61.6 Å². The maximum Gasteiger partial charge on any atom is 0.323 e. The number of benzene rings is 2. The largest absolute Gasteiger partial charge is 0.484 e. The summed E-state index contributed by atoms with van der Waals surface area (Å²) >= 11 is 0. The third-order valence-corrected chi connectivity index (χ3v) is 5.54. The summed E-state index contributed by atoms with van der Waals surface area (Å²) < 4.78 is 21.2. The van der Waals surface area contributed by atoms with Gasteiger partial charge in [-0.2, -0.15) is 0 Å². The van der Waals surface area contributed by atoms with Gasteiger partial charge < -0.3 is 19.7 Å². The van der Waals surface area contributed by atoms with Gasteiger partial charge in [-0.1, -0.05) is 18.2 Å². The van der Waals surface area contributed by atoms with Crippen LogP contribution in [-0.2, 0) is 29.0 Å². The fourth-order valence-corrected chi connectivity index (χ4v) is 4.19. The maximum atomic E-state index is 13.9. The highest BCUT2D eigenvalue weighted by molar-refractivity contribution is 5.87. The van der Waals surface area contributed by atoms with E-state index in [0.29, 0.717) is 35.9 Å². The van der Waals surface area contributed by atoms with Gasteiger partial charge in [-0.25, -0.2) is 4.39 Å². The molecule has 4 rings (SSSR count). The molecule has 1 heterocycles. The number of carboxylic acids is 1. The van der Waals surface area contributed by atoms with Gasteiger partial charge in [-0.15, -0.1) is 0 Å². The van der Waals surface area contributed by atoms with Gasteiger partial charge in [0.1, 0.15) is 18.1 Å². The molecule has 2 aromatic carbocycles. The predicted octanol–water partition coefficient (Wildman–Crippen LogP) is 3.23. The first-order chi connectivity index (χ1) is 14.4. The normalized spacial score (nSPS) is 15.6. The number of hydrogen-bond acceptors (Lipinski definition) is 3. The van der Waals surface area contributed by atoms with Gasteiger partial charge in [0.25, 0.3) is 5.91 Å². The van der Waals surface area contributed by atoms with Crippen molar-refractivity contribution in [2.75, 3.05) is 6.61 Å². The number of aryl methyl sites for hydroxylation is 1. The summed E-state index contributed by atoms with van der Waals surface area (Å²) in [5.74, 6) is -0.851. The lowest BCUT2D eigenvalue weighted by Gasteiger charge is -2.25. The van der Waals surface area contributed by atoms with Crippen LogP contribution in [-0.4, -0.2) is 34.2 Å². The Balaban J connectivity index is 1.50. The Bertz CT molecular complexity index is 1120. The molecule has 1 atom stereocenters. The Kier molecular flexibility index (Phi) is 5.44. The molecule has 7 heteroatoms. The van der Waals surface area contributed by atoms with Crippen molar-refractivity contribution in [3.63, 3.8) is 0 Å². The highest BCUT2D eigenvalue weighted by atomic mass is 19.1. The number of aliphatic carboxylic acids is 1. The lowest BCUT2D eigenvalue weighted by molar-refractivity contribution is -0.137. The number of aromatic nitrogens is 1. The van der Waals surface area contributed by atoms with Crippen LogP contribution in [0.15, 0.2) is 42.5 Å². The number of nitrogens with one attached hydrogen (secondary N) is 1. The van der Waals surface area contributed by atoms with Gasteiger partial charge >= 0.3 is 5.97 Å². The van der Waals surface area contributed by atoms with Crippen molar-refractivity contribution in [2.45, 2.75) is 38.8 Å². The van der Waals surface area contributed by atoms with E-state index in [1.54, 1.807) is 10.6 Å². The number of nitrogens with zero attached hydrogens (tertiary/aromatic N) is 1. The molecule has 1 aromatic heterocycles. The Morgan fingerprint density at radius 2 is 2.07 bits per heavy atom. The number of carbonyl (C=O) groups is 2. The number of carboxylic acid groups (broad SMARTS) is 1. The van der Waals surface area contributed by atoms with Crippen molar-refractivity contribution in [1.29, 1.82) is 0 Å². The van der Waals surface area contributed by atoms with Crippen LogP contribution in [0.3, 0.4) is 0 Å². The molecule has 0 radical (unpaired) electrons. The fraction of sp³-hybridized carbons (Fsp3) is 0.304. The van der Waals surface area contributed by atoms with Crippen molar-refractivity contribution >= 4 is 22.8 Å². The molecule has 30 heavy (non-hydrogen) atoms. The van der Waals surface area contributed by atoms with Crippen LogP contribution in [0, 0.1) is 12.7 Å². The molecule has 1 aliphatic rings. The second-order valence-corrected chi connectivity index (χ2v) is 7.63. The first kappa shape index (κ1) is 19.9. The minimum Gasteiger partial charge on any atom is -0.484 e. The highest BCUT2D eigenvalue weighted by Gasteiger charge is 2.27. The number of fused-ring (bicyclic) bond motifs is 3. The van der Waals surface area contributed by atoms with E-state index in [1.807, 2.05) is 31.2 Å². The van der Waals surface area contributed by atoms with E-state index in [0.717, 1.165) is 16.8 Å². The zero-order valence-corrected chi connectivity index (χ0v) is 16.7. The summed E-state index contributed by atoms with van der Waals surface area (Å²) in [4.78, 5) is 23.7. The van der Waals surface area contributed by atoms with Crippen molar-refractivity contribution in [3.8, 4) is 5.75 Å². The van der Waals surface area contributed by atoms with Gasteiger partial charge in [0.05, 0.1) is 0 Å². The number of halogens is 1. The second kappa shape index (κ2) is 8.18. The summed E-state index contributed by atoms with van der Waals surface area (Å²) in [6.45, 7) is 1.67. The number of carbonyl (C=O) groups excluding carboxylic acids is 1. The van der Waals surface area contributed by atoms with Gasteiger partial charge in [0.2, 0.25) is 0 Å². The minimum atomic E-state index is -0.942. The van der Waals surface area contributed by atoms with Crippen molar-refractivity contribution < 1.29 is 23.8 Å². The molecule has 0 saturated carbocycles. The molecule has 2 N–H and O–H groups in total. The summed E-state index contributed by atoms with van der Waals surface area (Å²) in [7, 11) is 0. The van der Waals surface area contributed by atoms with Crippen LogP contribution in [0.4, 0.5) is 4.39 Å². The zero-order chi connectivity index (χ0) is 21.3. The molecule has 3 aromatic rings. The first-order valence-electron chi connectivity index (χ1n) is 9.91. The Hall–Kier alpha value is -3.35. The number of rotatable bonds is 6. The molecule has 0 unspecified atom stereocenters. The molecule has 1 amide bonds. The van der Waals surface area contributed by atoms with Crippen LogP contribution >= 0.6 is 0 Å². The van der Waals surface area contributed by atoms with E-state index >= 15 is 0 Å². The van der Waals surface area contributed by atoms with Gasteiger partial charge in [0.15, 0.2) is 6.61 Å². The molecule has 0 aliphatic heterocycles. The number of hydrogen-bond donors (Lipinski definition) is 2. The Morgan fingerprint density at radius 3 is 2.83 bits per heavy atom. The standard InChI is InChI=1S/C23H23FN2O4/c1-14-4-2-3-5-21(14)30-13-22(27)25-16-7-9-20-18(11-16)17-10-15(24)6-8-19(17)26(20)12-23(28)29/h2-6,8,10,16H,7,9,11-13H2,1H3,(H,25,27)(H,28,29)/t16-/m0/s1. The smallest absolute Gasteiger partial charge is 0.323 e. The molecule has 6 nitrogen and oxygen atoms in total. The minimum absolute atomic E-state index is 0.0797. The van der Waals surface area contributed by atoms with Gasteiger partial charge in [-0.3, -0.25) is 9.59 Å². The maximum absolute atomic E-state index is 13.9. The van der Waals surface area contributed by atoms with E-state index in [1.165, 1.54) is 12.1 Å². The SMILES string of the molecule is Cc1ccccc1OCC(=O)N[C@H]1CCc2c(c3cc(F)ccc3n2CC(=O)O)C1. The quantitative estimate of drug-likeness (QED) is 0.654. The van der Waals surface area contributed by atoms with Crippen LogP contribution < -0.4 is 10.1 Å². The number of ether oxygens (including phenoxy) is 1. The molecule has 0 fully saturated rings. The summed E-state index contributed by atoms with van der Waals surface area (Å²) in [6, 6.07) is 11.8.